The lowest BCUT2D eigenvalue weighted by Gasteiger charge is -2.44. The van der Waals surface area contributed by atoms with Gasteiger partial charge < -0.3 is 60.2 Å². The van der Waals surface area contributed by atoms with Crippen LogP contribution >= 0.6 is 0 Å². The molecule has 18 heteroatoms. The van der Waals surface area contributed by atoms with Crippen LogP contribution in [0.5, 0.6) is 0 Å². The van der Waals surface area contributed by atoms with Crippen LogP contribution in [0.4, 0.5) is 10.1 Å². The summed E-state index contributed by atoms with van der Waals surface area (Å²) >= 11 is 0. The van der Waals surface area contributed by atoms with Gasteiger partial charge in [0.2, 0.25) is 0 Å². The number of anilines is 1. The summed E-state index contributed by atoms with van der Waals surface area (Å²) in [6.45, 7) is 26.6. The van der Waals surface area contributed by atoms with Crippen molar-refractivity contribution in [1.82, 2.24) is 4.57 Å². The third kappa shape index (κ3) is 23.7. The second-order valence-corrected chi connectivity index (χ2v) is 30.6. The number of carboxylic acid groups (broad SMARTS) is 2. The van der Waals surface area contributed by atoms with E-state index in [0.29, 0.717) is 90.3 Å². The molecule has 1 amide bonds. The number of para-hydroxylation sites is 1. The van der Waals surface area contributed by atoms with Gasteiger partial charge in [-0.2, -0.15) is 0 Å². The van der Waals surface area contributed by atoms with Gasteiger partial charge in [-0.1, -0.05) is 147 Å². The zero-order chi connectivity index (χ0) is 74.6. The Labute approximate surface area is 599 Å². The Morgan fingerprint density at radius 2 is 1.00 bits per heavy atom. The molecular weight excluding hydrogens is 1280 g/mol. The van der Waals surface area contributed by atoms with Crippen molar-refractivity contribution in [3.05, 3.63) is 150 Å². The van der Waals surface area contributed by atoms with Crippen LogP contribution in [-0.4, -0.2) is 124 Å². The molecule has 1 heterocycles. The minimum Gasteiger partial charge on any atom is -0.481 e. The largest absolute Gasteiger partial charge is 0.481 e. The number of aliphatic hydroxyl groups is 6. The van der Waals surface area contributed by atoms with Gasteiger partial charge in [0, 0.05) is 35.3 Å². The molecule has 3 aromatic carbocycles. The highest BCUT2D eigenvalue weighted by Gasteiger charge is 2.45. The van der Waals surface area contributed by atoms with Gasteiger partial charge in [0.15, 0.2) is 0 Å². The molecular formula is C83H117FN2O15. The fraction of sp³-hybridized carbons (Fsp3) is 0.578. The Morgan fingerprint density at radius 1 is 0.574 bits per heavy atom. The monoisotopic (exact) mass is 1400 g/mol. The lowest BCUT2D eigenvalue weighted by Crippen LogP contribution is -2.43. The summed E-state index contributed by atoms with van der Waals surface area (Å²) in [5, 5.41) is 82.0. The normalized spacial score (nSPS) is 23.5. The standard InChI is InChI=1S/C33H35FN2O5.C25H40O6.C25H42O4/c1-21(2)31-30(33(41)35-25-11-7-4-8-12-25)29(22-9-5-3-6-10-22)32(23-13-15-24(34)16-14-23)36(31)18-17-26(37)19-27(38)20-28(39)40;1-6-25(4,5)24(30)31-21-12-15(2)11-17-8-7-16(3)20(23(17)21)10-9-18(26)13-19(27)14-22(28)29;1-7-19(26)15-20(27)11-12-21-17(4)9-10-18-13-16(3)14-22(23(18)21)29-24(28)25(5,6)8-2/h3-16,21,26-27,37-38H,17-20H2,1-2H3,(H,35,41)(H,39,40);7-8,11,15-16,18-21,23,26-27H,6,9-10,12-14H2,1-5H3,(H,28,29);9-10,13,16-17,19-23,26-27H,7-8,11-12,14-15H2,1-6H3/t26-,27-;;16-,17-,19-,20+,21-,22-,23-/m1.0/s1. The number of hydrogen-bond acceptors (Lipinski definition) is 13. The fourth-order valence-corrected chi connectivity index (χ4v) is 14.6. The van der Waals surface area contributed by atoms with E-state index in [1.165, 1.54) is 23.3 Å². The van der Waals surface area contributed by atoms with Crippen LogP contribution in [0, 0.1) is 64.0 Å². The van der Waals surface area contributed by atoms with Crippen molar-refractivity contribution in [2.24, 2.45) is 58.2 Å². The number of aliphatic carboxylic acids is 2. The van der Waals surface area contributed by atoms with E-state index in [-0.39, 0.29) is 97.7 Å². The van der Waals surface area contributed by atoms with E-state index < -0.39 is 65.8 Å². The smallest absolute Gasteiger partial charge is 0.311 e. The number of aromatic nitrogens is 1. The predicted octanol–water partition coefficient (Wildman–Crippen LogP) is 15.5. The number of nitrogens with one attached hydrogen (secondary N) is 1. The first kappa shape index (κ1) is 82.9. The summed E-state index contributed by atoms with van der Waals surface area (Å²) in [6.07, 6.45) is 14.5. The first-order chi connectivity index (χ1) is 47.7. The lowest BCUT2D eigenvalue weighted by atomic mass is 9.65. The quantitative estimate of drug-likeness (QED) is 0.0212. The molecule has 556 valence electrons. The first-order valence-electron chi connectivity index (χ1n) is 36.9. The molecule has 0 radical (unpaired) electrons. The average Bonchev–Trinajstić information content (AvgIpc) is 1.62. The zero-order valence-corrected chi connectivity index (χ0v) is 61.9. The van der Waals surface area contributed by atoms with Crippen LogP contribution in [0.3, 0.4) is 0 Å². The molecule has 1 aromatic heterocycles. The van der Waals surface area contributed by atoms with Crippen LogP contribution in [-0.2, 0) is 35.2 Å². The zero-order valence-electron chi connectivity index (χ0n) is 61.9. The number of aliphatic hydroxyl groups excluding tert-OH is 6. The van der Waals surface area contributed by atoms with Gasteiger partial charge in [0.1, 0.15) is 18.0 Å². The van der Waals surface area contributed by atoms with Crippen molar-refractivity contribution >= 4 is 35.5 Å². The number of nitrogens with zero attached hydrogens (tertiary/aromatic N) is 1. The number of amides is 1. The molecule has 0 fully saturated rings. The Kier molecular flexibility index (Phi) is 31.6. The van der Waals surface area contributed by atoms with Crippen molar-refractivity contribution in [1.29, 1.82) is 0 Å². The van der Waals surface area contributed by atoms with Gasteiger partial charge in [0.25, 0.3) is 5.91 Å². The molecule has 16 atom stereocenters. The molecule has 0 spiro atoms. The maximum Gasteiger partial charge on any atom is 0.311 e. The van der Waals surface area contributed by atoms with Crippen LogP contribution in [0.15, 0.2) is 133 Å². The molecule has 4 aliphatic carbocycles. The molecule has 0 bridgehead atoms. The molecule has 17 nitrogen and oxygen atoms in total. The summed E-state index contributed by atoms with van der Waals surface area (Å²) in [5.41, 5.74) is 6.27. The molecule has 0 aliphatic heterocycles. The number of esters is 2. The van der Waals surface area contributed by atoms with Gasteiger partial charge in [-0.25, -0.2) is 4.39 Å². The van der Waals surface area contributed by atoms with Crippen molar-refractivity contribution in [3.63, 3.8) is 0 Å². The van der Waals surface area contributed by atoms with Gasteiger partial charge in [0.05, 0.1) is 71.6 Å². The average molecular weight is 1400 g/mol. The van der Waals surface area contributed by atoms with E-state index in [1.54, 1.807) is 12.1 Å². The fourth-order valence-electron chi connectivity index (χ4n) is 14.6. The minimum atomic E-state index is -1.18. The maximum atomic E-state index is 14.0. The van der Waals surface area contributed by atoms with Crippen molar-refractivity contribution in [2.75, 3.05) is 5.32 Å². The number of fused-ring (bicyclic) bond motifs is 2. The third-order valence-electron chi connectivity index (χ3n) is 21.1. The molecule has 101 heavy (non-hydrogen) atoms. The van der Waals surface area contributed by atoms with Crippen LogP contribution in [0.2, 0.25) is 0 Å². The summed E-state index contributed by atoms with van der Waals surface area (Å²) in [4.78, 5) is 61.4. The Hall–Kier alpha value is -7.06. The maximum absolute atomic E-state index is 14.0. The third-order valence-corrected chi connectivity index (χ3v) is 21.1. The summed E-state index contributed by atoms with van der Waals surface area (Å²) in [7, 11) is 0. The molecule has 9 N–H and O–H groups in total. The molecule has 0 saturated carbocycles. The van der Waals surface area contributed by atoms with Gasteiger partial charge >= 0.3 is 23.9 Å². The first-order valence-corrected chi connectivity index (χ1v) is 36.9. The topological polar surface area (TPSA) is 283 Å². The number of hydrogen-bond donors (Lipinski definition) is 9. The van der Waals surface area contributed by atoms with Gasteiger partial charge in [-0.05, 0) is 211 Å². The molecule has 7 unspecified atom stereocenters. The van der Waals surface area contributed by atoms with Gasteiger partial charge in [-0.3, -0.25) is 24.0 Å². The number of benzene rings is 3. The van der Waals surface area contributed by atoms with E-state index in [2.05, 4.69) is 69.5 Å². The van der Waals surface area contributed by atoms with Crippen LogP contribution in [0.25, 0.3) is 22.4 Å². The number of carbonyl (C=O) groups is 5. The molecule has 4 aliphatic rings. The van der Waals surface area contributed by atoms with E-state index in [0.717, 1.165) is 36.9 Å². The number of carboxylic acids is 2. The van der Waals surface area contributed by atoms with Crippen LogP contribution < -0.4 is 5.32 Å². The summed E-state index contributed by atoms with van der Waals surface area (Å²) in [5.74, 6) is -1.12. The molecule has 0 saturated heterocycles. The van der Waals surface area contributed by atoms with E-state index in [9.17, 15) is 59.0 Å². The number of allylic oxidation sites excluding steroid dienone is 6. The van der Waals surface area contributed by atoms with E-state index in [1.807, 2.05) is 128 Å². The number of rotatable bonds is 31. The highest BCUT2D eigenvalue weighted by atomic mass is 19.1. The Morgan fingerprint density at radius 3 is 1.42 bits per heavy atom. The lowest BCUT2D eigenvalue weighted by molar-refractivity contribution is -0.165. The van der Waals surface area contributed by atoms with E-state index >= 15 is 0 Å². The second-order valence-electron chi connectivity index (χ2n) is 30.6. The number of carbonyl (C=O) groups excluding carboxylic acids is 3. The minimum absolute atomic E-state index is 0.0523. The Balaban J connectivity index is 0.000000243. The van der Waals surface area contributed by atoms with E-state index in [4.69, 9.17) is 19.7 Å². The molecule has 8 rings (SSSR count). The predicted molar refractivity (Wildman–Crippen MR) is 394 cm³/mol. The SMILES string of the molecule is CC(C)c1c(C(=O)Nc2ccccc2)c(-c2ccccc2)c(-c2ccc(F)cc2)n1CC[C@@H](O)C[C@@H](O)CC(=O)O.CCC(C)(C)C(=O)OC1CC(C)C=C2C=CC(C)C(CCC(O)CC(O)CC(=O)O)C21.CC[C@H](O)C[C@H](O)CC[C@@H]1[C@@H]2C(=C[C@H](C)C[C@@H]2OC(=O)C(C)(C)CC)C=C[C@@H]1C. The van der Waals surface area contributed by atoms with Crippen molar-refractivity contribution < 1.29 is 78.7 Å². The van der Waals surface area contributed by atoms with Crippen molar-refractivity contribution in [3.8, 4) is 22.4 Å². The van der Waals surface area contributed by atoms with Crippen LogP contribution in [0.1, 0.15) is 208 Å². The number of ether oxygens (including phenoxy) is 2. The Bertz CT molecular complexity index is 3450. The number of halogens is 1. The second kappa shape index (κ2) is 38.5. The van der Waals surface area contributed by atoms with Gasteiger partial charge in [-0.15, -0.1) is 0 Å². The van der Waals surface area contributed by atoms with Crippen molar-refractivity contribution in [2.45, 2.75) is 248 Å². The highest BCUT2D eigenvalue weighted by Crippen LogP contribution is 2.48. The molecule has 4 aromatic rings. The summed E-state index contributed by atoms with van der Waals surface area (Å²) < 4.78 is 28.2. The highest BCUT2D eigenvalue weighted by molar-refractivity contribution is 6.12. The summed E-state index contributed by atoms with van der Waals surface area (Å²) in [6, 6.07) is 24.8.